The van der Waals surface area contributed by atoms with Gasteiger partial charge in [0, 0.05) is 17.3 Å². The molecule has 2 heterocycles. The SMILES string of the molecule is O=C(NCc1c(-c2ccccc2)nc2cccnn12)c1ccccc1. The first-order valence-electron chi connectivity index (χ1n) is 8.04. The Morgan fingerprint density at radius 1 is 0.920 bits per heavy atom. The lowest BCUT2D eigenvalue weighted by Gasteiger charge is -2.07. The van der Waals surface area contributed by atoms with Crippen LogP contribution in [0.1, 0.15) is 16.1 Å². The number of nitrogens with one attached hydrogen (secondary N) is 1. The number of hydrogen-bond donors (Lipinski definition) is 1. The summed E-state index contributed by atoms with van der Waals surface area (Å²) in [6.45, 7) is 0.343. The third-order valence-corrected chi connectivity index (χ3v) is 3.99. The average molecular weight is 328 g/mol. The molecule has 4 aromatic rings. The van der Waals surface area contributed by atoms with Crippen molar-refractivity contribution in [3.63, 3.8) is 0 Å². The van der Waals surface area contributed by atoms with Crippen molar-refractivity contribution in [2.45, 2.75) is 6.54 Å². The molecule has 122 valence electrons. The van der Waals surface area contributed by atoms with Gasteiger partial charge in [-0.3, -0.25) is 4.79 Å². The van der Waals surface area contributed by atoms with Crippen LogP contribution in [0.15, 0.2) is 79.0 Å². The number of rotatable bonds is 4. The molecule has 0 radical (unpaired) electrons. The van der Waals surface area contributed by atoms with E-state index >= 15 is 0 Å². The number of hydrogen-bond acceptors (Lipinski definition) is 3. The van der Waals surface area contributed by atoms with Gasteiger partial charge < -0.3 is 5.32 Å². The highest BCUT2D eigenvalue weighted by Gasteiger charge is 2.15. The minimum absolute atomic E-state index is 0.120. The molecule has 0 fully saturated rings. The van der Waals surface area contributed by atoms with E-state index in [-0.39, 0.29) is 5.91 Å². The smallest absolute Gasteiger partial charge is 0.251 e. The fraction of sp³-hybridized carbons (Fsp3) is 0.0500. The summed E-state index contributed by atoms with van der Waals surface area (Å²) < 4.78 is 1.77. The summed E-state index contributed by atoms with van der Waals surface area (Å²) in [5, 5.41) is 7.34. The molecule has 0 aliphatic rings. The first-order chi connectivity index (χ1) is 12.3. The predicted molar refractivity (Wildman–Crippen MR) is 96.0 cm³/mol. The van der Waals surface area contributed by atoms with Gasteiger partial charge in [0.2, 0.25) is 0 Å². The molecule has 1 N–H and O–H groups in total. The van der Waals surface area contributed by atoms with E-state index in [1.54, 1.807) is 22.8 Å². The van der Waals surface area contributed by atoms with E-state index in [0.29, 0.717) is 12.1 Å². The Kier molecular flexibility index (Phi) is 3.96. The summed E-state index contributed by atoms with van der Waals surface area (Å²) in [7, 11) is 0. The van der Waals surface area contributed by atoms with Gasteiger partial charge >= 0.3 is 0 Å². The number of fused-ring (bicyclic) bond motifs is 1. The molecule has 0 atom stereocenters. The van der Waals surface area contributed by atoms with Gasteiger partial charge in [-0.05, 0) is 24.3 Å². The van der Waals surface area contributed by atoms with Gasteiger partial charge in [0.05, 0.1) is 17.9 Å². The van der Waals surface area contributed by atoms with E-state index < -0.39 is 0 Å². The van der Waals surface area contributed by atoms with Crippen molar-refractivity contribution in [1.82, 2.24) is 19.9 Å². The molecule has 0 saturated heterocycles. The van der Waals surface area contributed by atoms with Crippen molar-refractivity contribution in [3.05, 3.63) is 90.3 Å². The van der Waals surface area contributed by atoms with Gasteiger partial charge in [-0.2, -0.15) is 5.10 Å². The zero-order chi connectivity index (χ0) is 17.1. The summed E-state index contributed by atoms with van der Waals surface area (Å²) in [6.07, 6.45) is 1.71. The molecule has 0 saturated carbocycles. The molecule has 0 aliphatic carbocycles. The van der Waals surface area contributed by atoms with Gasteiger partial charge in [-0.15, -0.1) is 0 Å². The van der Waals surface area contributed by atoms with Gasteiger partial charge in [0.1, 0.15) is 0 Å². The van der Waals surface area contributed by atoms with Crippen LogP contribution in [0.3, 0.4) is 0 Å². The van der Waals surface area contributed by atoms with E-state index in [4.69, 9.17) is 0 Å². The van der Waals surface area contributed by atoms with Crippen LogP contribution in [0, 0.1) is 0 Å². The van der Waals surface area contributed by atoms with Gasteiger partial charge in [-0.1, -0.05) is 48.5 Å². The van der Waals surface area contributed by atoms with E-state index in [1.807, 2.05) is 60.7 Å². The first kappa shape index (κ1) is 15.1. The Morgan fingerprint density at radius 2 is 1.64 bits per heavy atom. The molecule has 0 aliphatic heterocycles. The van der Waals surface area contributed by atoms with Gasteiger partial charge in [0.25, 0.3) is 5.91 Å². The molecule has 25 heavy (non-hydrogen) atoms. The van der Waals surface area contributed by atoms with Crippen molar-refractivity contribution >= 4 is 11.6 Å². The molecule has 1 amide bonds. The highest BCUT2D eigenvalue weighted by Crippen LogP contribution is 2.23. The number of carbonyl (C=O) groups excluding carboxylic acids is 1. The van der Waals surface area contributed by atoms with Crippen LogP contribution in [0.4, 0.5) is 0 Å². The number of imidazole rings is 1. The summed E-state index contributed by atoms with van der Waals surface area (Å²) in [4.78, 5) is 17.0. The Balaban J connectivity index is 1.69. The maximum Gasteiger partial charge on any atom is 0.251 e. The van der Waals surface area contributed by atoms with Crippen molar-refractivity contribution in [3.8, 4) is 11.3 Å². The van der Waals surface area contributed by atoms with E-state index in [2.05, 4.69) is 15.4 Å². The van der Waals surface area contributed by atoms with Crippen LogP contribution in [0.25, 0.3) is 16.9 Å². The number of amides is 1. The summed E-state index contributed by atoms with van der Waals surface area (Å²) in [5.41, 5.74) is 4.06. The molecular formula is C20H16N4O. The van der Waals surface area contributed by atoms with E-state index in [9.17, 15) is 4.79 Å². The Bertz CT molecular complexity index is 1010. The average Bonchev–Trinajstić information content (AvgIpc) is 3.06. The molecule has 5 nitrogen and oxygen atoms in total. The number of nitrogens with zero attached hydrogens (tertiary/aromatic N) is 3. The lowest BCUT2D eigenvalue weighted by atomic mass is 10.1. The van der Waals surface area contributed by atoms with Crippen LogP contribution < -0.4 is 5.32 Å². The van der Waals surface area contributed by atoms with Crippen LogP contribution in [0.5, 0.6) is 0 Å². The van der Waals surface area contributed by atoms with E-state index in [0.717, 1.165) is 22.6 Å². The lowest BCUT2D eigenvalue weighted by Crippen LogP contribution is -2.24. The minimum atomic E-state index is -0.120. The molecule has 2 aromatic heterocycles. The molecular weight excluding hydrogens is 312 g/mol. The Morgan fingerprint density at radius 3 is 2.40 bits per heavy atom. The zero-order valence-corrected chi connectivity index (χ0v) is 13.5. The maximum absolute atomic E-state index is 12.4. The third kappa shape index (κ3) is 2.99. The Labute approximate surface area is 145 Å². The third-order valence-electron chi connectivity index (χ3n) is 3.99. The second-order valence-electron chi connectivity index (χ2n) is 5.62. The first-order valence-corrected chi connectivity index (χ1v) is 8.04. The summed E-state index contributed by atoms with van der Waals surface area (Å²) >= 11 is 0. The summed E-state index contributed by atoms with van der Waals surface area (Å²) in [5.74, 6) is -0.120. The Hall–Kier alpha value is -3.47. The normalized spacial score (nSPS) is 10.7. The predicted octanol–water partition coefficient (Wildman–Crippen LogP) is 3.33. The number of benzene rings is 2. The minimum Gasteiger partial charge on any atom is -0.346 e. The highest BCUT2D eigenvalue weighted by molar-refractivity contribution is 5.94. The monoisotopic (exact) mass is 328 g/mol. The molecule has 0 unspecified atom stereocenters. The second kappa shape index (κ2) is 6.57. The van der Waals surface area contributed by atoms with Crippen LogP contribution in [-0.2, 0) is 6.54 Å². The largest absolute Gasteiger partial charge is 0.346 e. The van der Waals surface area contributed by atoms with Crippen molar-refractivity contribution in [1.29, 1.82) is 0 Å². The summed E-state index contributed by atoms with van der Waals surface area (Å²) in [6, 6.07) is 22.8. The van der Waals surface area contributed by atoms with E-state index in [1.165, 1.54) is 0 Å². The number of carbonyl (C=O) groups is 1. The number of aromatic nitrogens is 3. The zero-order valence-electron chi connectivity index (χ0n) is 13.5. The highest BCUT2D eigenvalue weighted by atomic mass is 16.1. The van der Waals surface area contributed by atoms with Crippen LogP contribution >= 0.6 is 0 Å². The standard InChI is InChI=1S/C20H16N4O/c25-20(16-10-5-2-6-11-16)21-14-17-19(15-8-3-1-4-9-15)23-18-12-7-13-22-24(17)18/h1-13H,14H2,(H,21,25). The molecule has 2 aromatic carbocycles. The quantitative estimate of drug-likeness (QED) is 0.625. The lowest BCUT2D eigenvalue weighted by molar-refractivity contribution is 0.0950. The van der Waals surface area contributed by atoms with Crippen LogP contribution in [-0.4, -0.2) is 20.5 Å². The second-order valence-corrected chi connectivity index (χ2v) is 5.62. The molecule has 4 rings (SSSR count). The molecule has 0 spiro atoms. The molecule has 0 bridgehead atoms. The van der Waals surface area contributed by atoms with Gasteiger partial charge in [0.15, 0.2) is 5.65 Å². The molecule has 5 heteroatoms. The van der Waals surface area contributed by atoms with Crippen molar-refractivity contribution < 1.29 is 4.79 Å². The van der Waals surface area contributed by atoms with Crippen LogP contribution in [0.2, 0.25) is 0 Å². The van der Waals surface area contributed by atoms with Crippen molar-refractivity contribution in [2.24, 2.45) is 0 Å². The fourth-order valence-corrected chi connectivity index (χ4v) is 2.78. The topological polar surface area (TPSA) is 59.3 Å². The van der Waals surface area contributed by atoms with Gasteiger partial charge in [-0.25, -0.2) is 9.50 Å². The van der Waals surface area contributed by atoms with Crippen molar-refractivity contribution in [2.75, 3.05) is 0 Å². The fourth-order valence-electron chi connectivity index (χ4n) is 2.78. The maximum atomic E-state index is 12.4.